The third kappa shape index (κ3) is 4.86. The van der Waals surface area contributed by atoms with Gasteiger partial charge in [0.15, 0.2) is 6.10 Å². The lowest BCUT2D eigenvalue weighted by atomic mass is 10.1. The summed E-state index contributed by atoms with van der Waals surface area (Å²) in [6, 6.07) is 7.02. The number of ether oxygens (including phenoxy) is 3. The van der Waals surface area contributed by atoms with Crippen LogP contribution >= 0.6 is 0 Å². The van der Waals surface area contributed by atoms with E-state index in [2.05, 4.69) is 5.10 Å². The van der Waals surface area contributed by atoms with Crippen LogP contribution in [-0.2, 0) is 19.0 Å². The summed E-state index contributed by atoms with van der Waals surface area (Å²) in [5.41, 5.74) is 0.605. The van der Waals surface area contributed by atoms with E-state index in [0.717, 1.165) is 18.2 Å². The lowest BCUT2D eigenvalue weighted by molar-refractivity contribution is -0.151. The Bertz CT molecular complexity index is 1090. The van der Waals surface area contributed by atoms with Crippen LogP contribution in [0.3, 0.4) is 0 Å². The SMILES string of the molecule is COC(=O)n1nc(C(C)N(C(=O)[C@H]2CN(C(=O)OC(C)(C)C)CCO2)C2CC2)c2ccccc21. The summed E-state index contributed by atoms with van der Waals surface area (Å²) in [5.74, 6) is -0.194. The molecule has 10 heteroatoms. The summed E-state index contributed by atoms with van der Waals surface area (Å²) in [7, 11) is 1.30. The molecule has 1 saturated carbocycles. The molecule has 1 aromatic carbocycles. The Hall–Kier alpha value is -3.14. The minimum absolute atomic E-state index is 0.0602. The van der Waals surface area contributed by atoms with E-state index < -0.39 is 29.9 Å². The van der Waals surface area contributed by atoms with Crippen molar-refractivity contribution in [2.45, 2.75) is 64.3 Å². The maximum atomic E-state index is 13.7. The molecule has 0 N–H and O–H groups in total. The Morgan fingerprint density at radius 3 is 2.53 bits per heavy atom. The van der Waals surface area contributed by atoms with Gasteiger partial charge < -0.3 is 24.0 Å². The van der Waals surface area contributed by atoms with Gasteiger partial charge in [-0.2, -0.15) is 9.78 Å². The van der Waals surface area contributed by atoms with Crippen molar-refractivity contribution in [1.82, 2.24) is 19.6 Å². The predicted molar refractivity (Wildman–Crippen MR) is 123 cm³/mol. The molecule has 1 aliphatic heterocycles. The summed E-state index contributed by atoms with van der Waals surface area (Å²) < 4.78 is 17.4. The fourth-order valence-electron chi connectivity index (χ4n) is 4.25. The standard InChI is InChI=1S/C24H32N4O6/c1-15(20-17-8-6-7-9-18(17)28(25-20)23(31)32-5)27(16-10-11-16)21(29)19-14-26(12-13-33-19)22(30)34-24(2,3)4/h6-9,15-16,19H,10-14H2,1-5H3/t15?,19-/m1/s1. The quantitative estimate of drug-likeness (QED) is 0.672. The first-order chi connectivity index (χ1) is 16.1. The van der Waals surface area contributed by atoms with Crippen LogP contribution in [0.4, 0.5) is 9.59 Å². The Morgan fingerprint density at radius 1 is 1.18 bits per heavy atom. The molecule has 1 unspecified atom stereocenters. The number of benzene rings is 1. The van der Waals surface area contributed by atoms with Crippen molar-refractivity contribution in [1.29, 1.82) is 0 Å². The second-order valence-electron chi connectivity index (χ2n) is 9.72. The maximum Gasteiger partial charge on any atom is 0.434 e. The van der Waals surface area contributed by atoms with Crippen molar-refractivity contribution >= 4 is 29.0 Å². The van der Waals surface area contributed by atoms with Crippen LogP contribution in [0.25, 0.3) is 10.9 Å². The van der Waals surface area contributed by atoms with Gasteiger partial charge in [0.05, 0.1) is 37.5 Å². The van der Waals surface area contributed by atoms with Gasteiger partial charge in [0.25, 0.3) is 5.91 Å². The van der Waals surface area contributed by atoms with Gasteiger partial charge in [-0.15, -0.1) is 0 Å². The van der Waals surface area contributed by atoms with Crippen LogP contribution in [-0.4, -0.2) is 82.2 Å². The summed E-state index contributed by atoms with van der Waals surface area (Å²) in [5, 5.41) is 5.30. The molecule has 10 nitrogen and oxygen atoms in total. The van der Waals surface area contributed by atoms with Crippen molar-refractivity contribution in [3.8, 4) is 0 Å². The molecule has 2 aromatic rings. The normalized spacial score (nSPS) is 19.6. The number of amides is 2. The number of fused-ring (bicyclic) bond motifs is 1. The third-order valence-corrected chi connectivity index (χ3v) is 5.96. The van der Waals surface area contributed by atoms with E-state index in [0.29, 0.717) is 17.8 Å². The first-order valence-corrected chi connectivity index (χ1v) is 11.6. The second-order valence-corrected chi connectivity index (χ2v) is 9.72. The summed E-state index contributed by atoms with van der Waals surface area (Å²) >= 11 is 0. The molecular formula is C24H32N4O6. The van der Waals surface area contributed by atoms with Crippen LogP contribution in [0, 0.1) is 0 Å². The average molecular weight is 473 g/mol. The molecule has 1 aromatic heterocycles. The lowest BCUT2D eigenvalue weighted by Gasteiger charge is -2.37. The number of aromatic nitrogens is 2. The van der Waals surface area contributed by atoms with Crippen LogP contribution in [0.2, 0.25) is 0 Å². The van der Waals surface area contributed by atoms with Gasteiger partial charge in [0.2, 0.25) is 0 Å². The number of morpholine rings is 1. The molecule has 1 aliphatic carbocycles. The van der Waals surface area contributed by atoms with Gasteiger partial charge in [-0.05, 0) is 46.6 Å². The molecular weight excluding hydrogens is 440 g/mol. The predicted octanol–water partition coefficient (Wildman–Crippen LogP) is 3.34. The van der Waals surface area contributed by atoms with E-state index in [1.807, 2.05) is 45.9 Å². The monoisotopic (exact) mass is 472 g/mol. The average Bonchev–Trinajstić information content (AvgIpc) is 3.56. The number of carbonyl (C=O) groups excluding carboxylic acids is 3. The van der Waals surface area contributed by atoms with Gasteiger partial charge in [0.1, 0.15) is 5.60 Å². The molecule has 4 rings (SSSR count). The van der Waals surface area contributed by atoms with E-state index in [9.17, 15) is 14.4 Å². The highest BCUT2D eigenvalue weighted by Gasteiger charge is 2.43. The van der Waals surface area contributed by atoms with Crippen LogP contribution < -0.4 is 0 Å². The first kappa shape index (κ1) is 24.0. The van der Waals surface area contributed by atoms with E-state index >= 15 is 0 Å². The summed E-state index contributed by atoms with van der Waals surface area (Å²) in [6.45, 7) is 8.07. The molecule has 184 valence electrons. The number of carbonyl (C=O) groups is 3. The van der Waals surface area contributed by atoms with Crippen molar-refractivity contribution < 1.29 is 28.6 Å². The molecule has 34 heavy (non-hydrogen) atoms. The third-order valence-electron chi connectivity index (χ3n) is 5.96. The Labute approximate surface area is 198 Å². The van der Waals surface area contributed by atoms with E-state index in [4.69, 9.17) is 14.2 Å². The fourth-order valence-corrected chi connectivity index (χ4v) is 4.25. The molecule has 0 radical (unpaired) electrons. The maximum absolute atomic E-state index is 13.7. The lowest BCUT2D eigenvalue weighted by Crippen LogP contribution is -2.54. The van der Waals surface area contributed by atoms with Crippen LogP contribution in [0.15, 0.2) is 24.3 Å². The number of nitrogens with zero attached hydrogens (tertiary/aromatic N) is 4. The largest absolute Gasteiger partial charge is 0.451 e. The highest BCUT2D eigenvalue weighted by atomic mass is 16.6. The fraction of sp³-hybridized carbons (Fsp3) is 0.583. The number of para-hydroxylation sites is 1. The second kappa shape index (κ2) is 9.25. The summed E-state index contributed by atoms with van der Waals surface area (Å²) in [6.07, 6.45) is -0.0779. The minimum atomic E-state index is -0.793. The van der Waals surface area contributed by atoms with E-state index in [1.165, 1.54) is 16.7 Å². The zero-order valence-corrected chi connectivity index (χ0v) is 20.3. The van der Waals surface area contributed by atoms with Crippen molar-refractivity contribution in [2.24, 2.45) is 0 Å². The molecule has 1 saturated heterocycles. The molecule has 0 spiro atoms. The Kier molecular flexibility index (Phi) is 6.53. The van der Waals surface area contributed by atoms with E-state index in [1.54, 1.807) is 11.0 Å². The van der Waals surface area contributed by atoms with Crippen molar-refractivity contribution in [3.63, 3.8) is 0 Å². The molecule has 2 atom stereocenters. The van der Waals surface area contributed by atoms with Gasteiger partial charge >= 0.3 is 12.2 Å². The number of rotatable bonds is 4. The van der Waals surface area contributed by atoms with Gasteiger partial charge in [-0.1, -0.05) is 18.2 Å². The topological polar surface area (TPSA) is 103 Å². The van der Waals surface area contributed by atoms with Gasteiger partial charge in [-0.25, -0.2) is 9.59 Å². The minimum Gasteiger partial charge on any atom is -0.451 e. The van der Waals surface area contributed by atoms with Gasteiger partial charge in [0, 0.05) is 18.0 Å². The van der Waals surface area contributed by atoms with Crippen LogP contribution in [0.1, 0.15) is 52.3 Å². The zero-order valence-electron chi connectivity index (χ0n) is 20.3. The Morgan fingerprint density at radius 2 is 1.88 bits per heavy atom. The van der Waals surface area contributed by atoms with E-state index in [-0.39, 0.29) is 25.1 Å². The highest BCUT2D eigenvalue weighted by molar-refractivity contribution is 5.90. The Balaban J connectivity index is 1.59. The molecule has 2 amide bonds. The van der Waals surface area contributed by atoms with Gasteiger partial charge in [-0.3, -0.25) is 4.79 Å². The molecule has 2 fully saturated rings. The molecule has 2 heterocycles. The first-order valence-electron chi connectivity index (χ1n) is 11.6. The number of hydrogen-bond acceptors (Lipinski definition) is 7. The summed E-state index contributed by atoms with van der Waals surface area (Å²) in [4.78, 5) is 41.8. The smallest absolute Gasteiger partial charge is 0.434 e. The van der Waals surface area contributed by atoms with Crippen LogP contribution in [0.5, 0.6) is 0 Å². The molecule has 2 aliphatic rings. The molecule has 0 bridgehead atoms. The van der Waals surface area contributed by atoms with Crippen molar-refractivity contribution in [2.75, 3.05) is 26.8 Å². The zero-order chi connectivity index (χ0) is 24.6. The number of methoxy groups -OCH3 is 1. The number of hydrogen-bond donors (Lipinski definition) is 0. The van der Waals surface area contributed by atoms with Crippen molar-refractivity contribution in [3.05, 3.63) is 30.0 Å². The highest BCUT2D eigenvalue weighted by Crippen LogP contribution is 2.37.